The van der Waals surface area contributed by atoms with Crippen molar-refractivity contribution in [2.45, 2.75) is 53.9 Å². The summed E-state index contributed by atoms with van der Waals surface area (Å²) < 4.78 is 7.08. The Kier molecular flexibility index (Phi) is 7.34. The summed E-state index contributed by atoms with van der Waals surface area (Å²) in [5.41, 5.74) is -0.818. The number of hydrogen-bond acceptors (Lipinski definition) is 11. The number of amidine groups is 1. The van der Waals surface area contributed by atoms with Crippen molar-refractivity contribution in [2.24, 2.45) is 18.0 Å². The zero-order valence-corrected chi connectivity index (χ0v) is 22.2. The van der Waals surface area contributed by atoms with Gasteiger partial charge >= 0.3 is 5.97 Å². The van der Waals surface area contributed by atoms with Crippen molar-refractivity contribution >= 4 is 58.1 Å². The van der Waals surface area contributed by atoms with E-state index in [1.54, 1.807) is 7.05 Å². The average molecular weight is 554 g/mol. The van der Waals surface area contributed by atoms with Crippen LogP contribution < -0.4 is 10.6 Å². The molecule has 1 aliphatic heterocycles. The summed E-state index contributed by atoms with van der Waals surface area (Å²) in [5, 5.41) is 28.2. The highest BCUT2D eigenvalue weighted by Crippen LogP contribution is 2.51. The number of amides is 1. The van der Waals surface area contributed by atoms with E-state index < -0.39 is 28.6 Å². The fourth-order valence-electron chi connectivity index (χ4n) is 4.20. The molecule has 194 valence electrons. The van der Waals surface area contributed by atoms with E-state index in [1.165, 1.54) is 47.1 Å². The molecule has 3 aliphatic carbocycles. The number of hydrogen-bond donors (Lipinski definition) is 3. The molecule has 0 bridgehead atoms. The van der Waals surface area contributed by atoms with Crippen molar-refractivity contribution < 1.29 is 24.2 Å². The number of carboxylic acid groups (broad SMARTS) is 1. The number of ether oxygens (including phenoxy) is 1. The molecule has 1 amide bonds. The largest absolute Gasteiger partial charge is 0.478 e. The zero-order valence-electron chi connectivity index (χ0n) is 19.8. The standard InChI is InChI=1S/C21H27N7O5S3/c1-28-20(25-26-27-28)36-8-10-7-34-17-15(14(10)18(31)32)16(30)21(17,33-2)24-13(29)9-35-19(22-11-3-4-11)23-12-5-6-12/h11-12,15,17H,3-9H2,1-2H3,(H,22,23)(H,24,29)(H,31,32). The van der Waals surface area contributed by atoms with Gasteiger partial charge < -0.3 is 20.5 Å². The van der Waals surface area contributed by atoms with Crippen LogP contribution in [0.5, 0.6) is 0 Å². The van der Waals surface area contributed by atoms with Crippen LogP contribution in [0.2, 0.25) is 0 Å². The van der Waals surface area contributed by atoms with E-state index >= 15 is 0 Å². The third-order valence-electron chi connectivity index (χ3n) is 6.41. The van der Waals surface area contributed by atoms with Crippen LogP contribution in [0.15, 0.2) is 21.3 Å². The lowest BCUT2D eigenvalue weighted by molar-refractivity contribution is -0.171. The third kappa shape index (κ3) is 5.15. The van der Waals surface area contributed by atoms with E-state index in [0.717, 1.165) is 30.9 Å². The van der Waals surface area contributed by atoms with Gasteiger partial charge in [-0.3, -0.25) is 14.6 Å². The number of aromatic nitrogens is 4. The Labute approximate surface area is 220 Å². The van der Waals surface area contributed by atoms with Gasteiger partial charge in [-0.2, -0.15) is 0 Å². The Morgan fingerprint density at radius 3 is 2.72 bits per heavy atom. The fourth-order valence-corrected chi connectivity index (χ4v) is 7.61. The van der Waals surface area contributed by atoms with Gasteiger partial charge in [0.2, 0.25) is 16.8 Å². The summed E-state index contributed by atoms with van der Waals surface area (Å²) in [4.78, 5) is 43.1. The Bertz CT molecular complexity index is 1130. The monoisotopic (exact) mass is 553 g/mol. The first kappa shape index (κ1) is 25.5. The van der Waals surface area contributed by atoms with E-state index in [4.69, 9.17) is 4.74 Å². The Morgan fingerprint density at radius 2 is 2.11 bits per heavy atom. The number of rotatable bonds is 10. The van der Waals surface area contributed by atoms with Crippen molar-refractivity contribution in [1.29, 1.82) is 0 Å². The summed E-state index contributed by atoms with van der Waals surface area (Å²) in [6.45, 7) is 0. The molecule has 12 nitrogen and oxygen atoms in total. The number of tetrazole rings is 1. The number of thioether (sulfide) groups is 3. The van der Waals surface area contributed by atoms with Crippen molar-refractivity contribution in [3.63, 3.8) is 0 Å². The van der Waals surface area contributed by atoms with Gasteiger partial charge in [-0.1, -0.05) is 23.5 Å². The highest BCUT2D eigenvalue weighted by atomic mass is 32.2. The number of carboxylic acids is 1. The van der Waals surface area contributed by atoms with E-state index in [2.05, 4.69) is 31.2 Å². The smallest absolute Gasteiger partial charge is 0.332 e. The highest BCUT2D eigenvalue weighted by molar-refractivity contribution is 8.14. The second kappa shape index (κ2) is 10.3. The fraction of sp³-hybridized carbons (Fsp3) is 0.667. The number of carbonyl (C=O) groups excluding carboxylic acids is 2. The number of carbonyl (C=O) groups is 3. The van der Waals surface area contributed by atoms with Gasteiger partial charge in [0.1, 0.15) is 0 Å². The summed E-state index contributed by atoms with van der Waals surface area (Å²) in [5.74, 6) is -1.96. The predicted octanol–water partition coefficient (Wildman–Crippen LogP) is 0.460. The number of fused-ring (bicyclic) bond motifs is 1. The van der Waals surface area contributed by atoms with Crippen molar-refractivity contribution in [1.82, 2.24) is 30.8 Å². The van der Waals surface area contributed by atoms with Crippen LogP contribution in [0.4, 0.5) is 0 Å². The first-order chi connectivity index (χ1) is 17.3. The third-order valence-corrected chi connectivity index (χ3v) is 9.89. The molecule has 1 aromatic rings. The summed E-state index contributed by atoms with van der Waals surface area (Å²) in [6, 6.07) is 0.757. The van der Waals surface area contributed by atoms with Crippen LogP contribution in [0.25, 0.3) is 0 Å². The number of nitrogens with zero attached hydrogens (tertiary/aromatic N) is 5. The van der Waals surface area contributed by atoms with Crippen LogP contribution in [0.1, 0.15) is 25.7 Å². The molecule has 3 fully saturated rings. The highest BCUT2D eigenvalue weighted by Gasteiger charge is 2.67. The average Bonchev–Trinajstić information content (AvgIpc) is 3.80. The molecule has 4 aliphatic rings. The van der Waals surface area contributed by atoms with E-state index in [-0.39, 0.29) is 17.2 Å². The van der Waals surface area contributed by atoms with Crippen LogP contribution in [-0.4, -0.2) is 95.6 Å². The minimum absolute atomic E-state index is 0.0789. The summed E-state index contributed by atoms with van der Waals surface area (Å²) in [7, 11) is 3.07. The molecule has 3 atom stereocenters. The van der Waals surface area contributed by atoms with Gasteiger partial charge in [0.25, 0.3) is 0 Å². The van der Waals surface area contributed by atoms with Gasteiger partial charge in [-0.05, 0) is 41.7 Å². The SMILES string of the molecule is COC1(NC(=O)CSC(=NC2CC2)NC2CC2)C(=O)C2C(C(=O)O)=C(CSc3nnnn3C)CSC21. The van der Waals surface area contributed by atoms with Gasteiger partial charge in [0.15, 0.2) is 11.0 Å². The maximum atomic E-state index is 13.3. The molecule has 3 N–H and O–H groups in total. The van der Waals surface area contributed by atoms with Crippen LogP contribution in [0, 0.1) is 5.92 Å². The Balaban J connectivity index is 1.25. The second-order valence-corrected chi connectivity index (χ2v) is 12.2. The molecule has 0 spiro atoms. The zero-order chi connectivity index (χ0) is 25.4. The number of nitrogens with one attached hydrogen (secondary N) is 2. The normalized spacial score (nSPS) is 27.9. The van der Waals surface area contributed by atoms with Gasteiger partial charge in [0, 0.05) is 37.3 Å². The lowest BCUT2D eigenvalue weighted by Crippen LogP contribution is -2.76. The summed E-state index contributed by atoms with van der Waals surface area (Å²) in [6.07, 6.45) is 4.35. The molecule has 5 rings (SSSR count). The van der Waals surface area contributed by atoms with E-state index in [0.29, 0.717) is 34.3 Å². The summed E-state index contributed by atoms with van der Waals surface area (Å²) >= 11 is 4.06. The number of aryl methyl sites for hydroxylation is 1. The quantitative estimate of drug-likeness (QED) is 0.159. The van der Waals surface area contributed by atoms with Gasteiger partial charge in [-0.25, -0.2) is 9.48 Å². The van der Waals surface area contributed by atoms with Crippen molar-refractivity contribution in [2.75, 3.05) is 24.4 Å². The predicted molar refractivity (Wildman–Crippen MR) is 136 cm³/mol. The van der Waals surface area contributed by atoms with Crippen LogP contribution >= 0.6 is 35.3 Å². The molecule has 2 heterocycles. The molecule has 0 radical (unpaired) electrons. The Morgan fingerprint density at radius 1 is 1.33 bits per heavy atom. The first-order valence-corrected chi connectivity index (χ1v) is 14.6. The number of aliphatic carboxylic acids is 1. The molecule has 3 unspecified atom stereocenters. The number of Topliss-reactive ketones (excluding diaryl/α,β-unsaturated/α-hetero) is 1. The molecule has 0 aromatic carbocycles. The lowest BCUT2D eigenvalue weighted by atomic mass is 9.68. The second-order valence-electron chi connectivity index (χ2n) is 9.13. The number of ketones is 1. The molecule has 36 heavy (non-hydrogen) atoms. The molecular formula is C21H27N7O5S3. The molecule has 3 saturated carbocycles. The maximum absolute atomic E-state index is 13.3. The molecule has 0 saturated heterocycles. The van der Waals surface area contributed by atoms with E-state index in [1.807, 2.05) is 0 Å². The van der Waals surface area contributed by atoms with Crippen molar-refractivity contribution in [3.8, 4) is 0 Å². The van der Waals surface area contributed by atoms with Crippen LogP contribution in [0.3, 0.4) is 0 Å². The molecule has 15 heteroatoms. The Hall–Kier alpha value is -2.10. The minimum atomic E-state index is -1.54. The van der Waals surface area contributed by atoms with Crippen LogP contribution in [-0.2, 0) is 26.2 Å². The first-order valence-electron chi connectivity index (χ1n) is 11.6. The number of aliphatic imine (C=N–C) groups is 1. The van der Waals surface area contributed by atoms with Gasteiger partial charge in [0.05, 0.1) is 23.0 Å². The van der Waals surface area contributed by atoms with Crippen molar-refractivity contribution in [3.05, 3.63) is 11.1 Å². The van der Waals surface area contributed by atoms with E-state index in [9.17, 15) is 19.5 Å². The van der Waals surface area contributed by atoms with Gasteiger partial charge in [-0.15, -0.1) is 16.9 Å². The molecule has 1 aromatic heterocycles. The lowest BCUT2D eigenvalue weighted by Gasteiger charge is -2.53. The molecular weight excluding hydrogens is 526 g/mol. The number of methoxy groups -OCH3 is 1. The topological polar surface area (TPSA) is 161 Å². The minimum Gasteiger partial charge on any atom is -0.478 e. The maximum Gasteiger partial charge on any atom is 0.332 e.